The molecule has 0 heterocycles. The monoisotopic (exact) mass is 270 g/mol. The van der Waals surface area contributed by atoms with E-state index in [0.29, 0.717) is 17.1 Å². The fraction of sp³-hybridized carbons (Fsp3) is 0.462. The largest absolute Gasteiger partial charge is 0.508 e. The average molecular weight is 271 g/mol. The summed E-state index contributed by atoms with van der Waals surface area (Å²) in [5.74, 6) is 0.157. The fourth-order valence-electron chi connectivity index (χ4n) is 1.64. The molecule has 18 heavy (non-hydrogen) atoms. The molecule has 2 N–H and O–H groups in total. The Morgan fingerprint density at radius 2 is 2.17 bits per heavy atom. The number of phenols is 1. The second-order valence-corrected chi connectivity index (χ2v) is 5.10. The van der Waals surface area contributed by atoms with Crippen LogP contribution in [0.3, 0.4) is 0 Å². The number of hydrogen-bond donors (Lipinski definition) is 2. The minimum Gasteiger partial charge on any atom is -0.508 e. The molecule has 0 saturated heterocycles. The molecule has 0 bridgehead atoms. The lowest BCUT2D eigenvalue weighted by atomic mass is 10.2. The third-order valence-corrected chi connectivity index (χ3v) is 2.58. The first-order valence-corrected chi connectivity index (χ1v) is 6.21. The number of rotatable bonds is 5. The van der Waals surface area contributed by atoms with Crippen molar-refractivity contribution in [3.8, 4) is 5.75 Å². The molecule has 0 unspecified atom stereocenters. The molecule has 1 rings (SSSR count). The summed E-state index contributed by atoms with van der Waals surface area (Å²) < 4.78 is 0. The molecular weight excluding hydrogens is 252 g/mol. The fourth-order valence-corrected chi connectivity index (χ4v) is 1.83. The zero-order valence-electron chi connectivity index (χ0n) is 10.9. The van der Waals surface area contributed by atoms with Crippen LogP contribution in [0.1, 0.15) is 19.4 Å². The molecule has 100 valence electrons. The number of hydrogen-bond acceptors (Lipinski definition) is 3. The average Bonchev–Trinajstić information content (AvgIpc) is 2.21. The van der Waals surface area contributed by atoms with Gasteiger partial charge in [-0.1, -0.05) is 11.6 Å². The summed E-state index contributed by atoms with van der Waals surface area (Å²) in [5.41, 5.74) is 0.711. The summed E-state index contributed by atoms with van der Waals surface area (Å²) in [6.07, 6.45) is 0. The molecule has 4 nitrogen and oxygen atoms in total. The number of likely N-dealkylation sites (N-methyl/N-ethyl adjacent to an activating group) is 1. The van der Waals surface area contributed by atoms with Crippen molar-refractivity contribution in [3.63, 3.8) is 0 Å². The number of carbonyl (C=O) groups is 1. The first-order chi connectivity index (χ1) is 8.38. The van der Waals surface area contributed by atoms with Gasteiger partial charge in [0.2, 0.25) is 5.91 Å². The summed E-state index contributed by atoms with van der Waals surface area (Å²) in [7, 11) is 1.82. The van der Waals surface area contributed by atoms with E-state index in [1.807, 2.05) is 25.8 Å². The highest BCUT2D eigenvalue weighted by Crippen LogP contribution is 2.22. The van der Waals surface area contributed by atoms with Crippen LogP contribution in [0.4, 0.5) is 0 Å². The van der Waals surface area contributed by atoms with Crippen LogP contribution in [0.2, 0.25) is 5.02 Å². The number of amides is 1. The second-order valence-electron chi connectivity index (χ2n) is 4.67. The maximum absolute atomic E-state index is 11.6. The van der Waals surface area contributed by atoms with Crippen molar-refractivity contribution in [1.29, 1.82) is 0 Å². The van der Waals surface area contributed by atoms with Gasteiger partial charge in [0.1, 0.15) is 5.75 Å². The molecule has 0 fully saturated rings. The number of aromatic hydroxyl groups is 1. The number of nitrogens with one attached hydrogen (secondary N) is 1. The Bertz CT molecular complexity index is 421. The molecule has 1 aromatic rings. The Kier molecular flexibility index (Phi) is 5.44. The van der Waals surface area contributed by atoms with Crippen molar-refractivity contribution in [1.82, 2.24) is 10.2 Å². The van der Waals surface area contributed by atoms with Gasteiger partial charge in [0, 0.05) is 23.2 Å². The van der Waals surface area contributed by atoms with E-state index in [2.05, 4.69) is 5.32 Å². The van der Waals surface area contributed by atoms with Gasteiger partial charge in [0.25, 0.3) is 0 Å². The van der Waals surface area contributed by atoms with E-state index in [-0.39, 0.29) is 24.2 Å². The van der Waals surface area contributed by atoms with Gasteiger partial charge in [-0.15, -0.1) is 0 Å². The minimum absolute atomic E-state index is 0.0333. The van der Waals surface area contributed by atoms with Crippen molar-refractivity contribution >= 4 is 17.5 Å². The van der Waals surface area contributed by atoms with Crippen LogP contribution in [0, 0.1) is 0 Å². The van der Waals surface area contributed by atoms with E-state index in [4.69, 9.17) is 11.6 Å². The molecule has 0 aliphatic rings. The van der Waals surface area contributed by atoms with Crippen LogP contribution in [-0.2, 0) is 11.3 Å². The zero-order chi connectivity index (χ0) is 13.7. The Morgan fingerprint density at radius 3 is 2.78 bits per heavy atom. The molecule has 1 amide bonds. The Hall–Kier alpha value is -1.26. The van der Waals surface area contributed by atoms with Gasteiger partial charge in [0.05, 0.1) is 6.54 Å². The number of phenolic OH excluding ortho intramolecular Hbond substituents is 1. The molecule has 0 atom stereocenters. The smallest absolute Gasteiger partial charge is 0.234 e. The SMILES string of the molecule is CC(C)NC(=O)CN(C)Cc1cc(Cl)ccc1O. The van der Waals surface area contributed by atoms with Gasteiger partial charge >= 0.3 is 0 Å². The number of nitrogens with zero attached hydrogens (tertiary/aromatic N) is 1. The third-order valence-electron chi connectivity index (χ3n) is 2.34. The topological polar surface area (TPSA) is 52.6 Å². The Balaban J connectivity index is 2.56. The Labute approximate surface area is 113 Å². The van der Waals surface area contributed by atoms with Gasteiger partial charge in [0.15, 0.2) is 0 Å². The maximum atomic E-state index is 11.6. The van der Waals surface area contributed by atoms with Crippen molar-refractivity contribution in [2.24, 2.45) is 0 Å². The van der Waals surface area contributed by atoms with E-state index in [1.165, 1.54) is 0 Å². The predicted molar refractivity (Wildman–Crippen MR) is 72.7 cm³/mol. The second kappa shape index (κ2) is 6.61. The van der Waals surface area contributed by atoms with E-state index in [0.717, 1.165) is 0 Å². The highest BCUT2D eigenvalue weighted by molar-refractivity contribution is 6.30. The van der Waals surface area contributed by atoms with Crippen LogP contribution in [0.5, 0.6) is 5.75 Å². The molecule has 0 spiro atoms. The zero-order valence-corrected chi connectivity index (χ0v) is 11.7. The van der Waals surface area contributed by atoms with Gasteiger partial charge in [-0.05, 0) is 39.1 Å². The van der Waals surface area contributed by atoms with E-state index in [1.54, 1.807) is 18.2 Å². The van der Waals surface area contributed by atoms with Gasteiger partial charge in [-0.3, -0.25) is 9.69 Å². The summed E-state index contributed by atoms with van der Waals surface area (Å²) in [6, 6.07) is 5.02. The van der Waals surface area contributed by atoms with Crippen molar-refractivity contribution in [2.45, 2.75) is 26.4 Å². The van der Waals surface area contributed by atoms with Gasteiger partial charge in [-0.2, -0.15) is 0 Å². The maximum Gasteiger partial charge on any atom is 0.234 e. The summed E-state index contributed by atoms with van der Waals surface area (Å²) in [5, 5.41) is 13.1. The van der Waals surface area contributed by atoms with Crippen LogP contribution < -0.4 is 5.32 Å². The number of carbonyl (C=O) groups excluding carboxylic acids is 1. The lowest BCUT2D eigenvalue weighted by Gasteiger charge is -2.18. The quantitative estimate of drug-likeness (QED) is 0.861. The van der Waals surface area contributed by atoms with E-state index in [9.17, 15) is 9.90 Å². The number of benzene rings is 1. The third kappa shape index (κ3) is 4.94. The first kappa shape index (κ1) is 14.8. The minimum atomic E-state index is -0.0333. The van der Waals surface area contributed by atoms with Crippen LogP contribution >= 0.6 is 11.6 Å². The molecule has 0 aliphatic carbocycles. The van der Waals surface area contributed by atoms with Crippen LogP contribution in [0.25, 0.3) is 0 Å². The molecular formula is C13H19ClN2O2. The van der Waals surface area contributed by atoms with Crippen LogP contribution in [0.15, 0.2) is 18.2 Å². The standard InChI is InChI=1S/C13H19ClN2O2/c1-9(2)15-13(18)8-16(3)7-10-6-11(14)4-5-12(10)17/h4-6,9,17H,7-8H2,1-3H3,(H,15,18). The van der Waals surface area contributed by atoms with Gasteiger partial charge in [-0.25, -0.2) is 0 Å². The molecule has 0 aromatic heterocycles. The number of halogens is 1. The molecule has 0 radical (unpaired) electrons. The van der Waals surface area contributed by atoms with Crippen molar-refractivity contribution in [2.75, 3.05) is 13.6 Å². The summed E-state index contributed by atoms with van der Waals surface area (Å²) in [6.45, 7) is 4.59. The summed E-state index contributed by atoms with van der Waals surface area (Å²) >= 11 is 5.87. The van der Waals surface area contributed by atoms with Gasteiger partial charge < -0.3 is 10.4 Å². The lowest BCUT2D eigenvalue weighted by Crippen LogP contribution is -2.38. The highest BCUT2D eigenvalue weighted by Gasteiger charge is 2.10. The molecule has 1 aromatic carbocycles. The molecule has 0 saturated carbocycles. The van der Waals surface area contributed by atoms with Crippen molar-refractivity contribution < 1.29 is 9.90 Å². The van der Waals surface area contributed by atoms with Crippen molar-refractivity contribution in [3.05, 3.63) is 28.8 Å². The van der Waals surface area contributed by atoms with E-state index < -0.39 is 0 Å². The lowest BCUT2D eigenvalue weighted by molar-refractivity contribution is -0.122. The normalized spacial score (nSPS) is 11.0. The molecule has 0 aliphatic heterocycles. The summed E-state index contributed by atoms with van der Waals surface area (Å²) in [4.78, 5) is 13.4. The molecule has 5 heteroatoms. The van der Waals surface area contributed by atoms with E-state index >= 15 is 0 Å². The Morgan fingerprint density at radius 1 is 1.50 bits per heavy atom. The van der Waals surface area contributed by atoms with Crippen LogP contribution in [-0.4, -0.2) is 35.5 Å². The first-order valence-electron chi connectivity index (χ1n) is 5.83. The highest BCUT2D eigenvalue weighted by atomic mass is 35.5. The predicted octanol–water partition coefficient (Wildman–Crippen LogP) is 2.00.